The molecule has 0 fully saturated rings. The lowest BCUT2D eigenvalue weighted by atomic mass is 9.95. The van der Waals surface area contributed by atoms with Gasteiger partial charge in [0.25, 0.3) is 0 Å². The van der Waals surface area contributed by atoms with E-state index in [1.165, 1.54) is 0 Å². The first-order valence-corrected chi connectivity index (χ1v) is 6.58. The summed E-state index contributed by atoms with van der Waals surface area (Å²) in [5, 5.41) is 0. The summed E-state index contributed by atoms with van der Waals surface area (Å²) in [5.41, 5.74) is 2.54. The van der Waals surface area contributed by atoms with Crippen LogP contribution in [0.3, 0.4) is 0 Å². The van der Waals surface area contributed by atoms with Crippen molar-refractivity contribution < 1.29 is 9.53 Å². The van der Waals surface area contributed by atoms with Crippen molar-refractivity contribution in [1.29, 1.82) is 0 Å². The summed E-state index contributed by atoms with van der Waals surface area (Å²) in [7, 11) is 1.56. The Kier molecular flexibility index (Phi) is 4.85. The van der Waals surface area contributed by atoms with Gasteiger partial charge < -0.3 is 4.74 Å². The Morgan fingerprint density at radius 1 is 1.15 bits per heavy atom. The molecule has 0 N–H and O–H groups in total. The molecule has 2 aromatic rings. The van der Waals surface area contributed by atoms with Crippen LogP contribution in [0.4, 0.5) is 0 Å². The molecular weight excluding hydrogens is 248 g/mol. The number of allylic oxidation sites excluding steroid dienone is 1. The Morgan fingerprint density at radius 2 is 1.80 bits per heavy atom. The van der Waals surface area contributed by atoms with Crippen molar-refractivity contribution in [1.82, 2.24) is 0 Å². The summed E-state index contributed by atoms with van der Waals surface area (Å²) in [4.78, 5) is 12.7. The SMILES string of the molecule is C=CCc1ccccc1C(=O)C(OC)c1ccccc1. The molecule has 20 heavy (non-hydrogen) atoms. The third-order valence-corrected chi connectivity index (χ3v) is 3.22. The van der Waals surface area contributed by atoms with Crippen LogP contribution in [0.25, 0.3) is 0 Å². The van der Waals surface area contributed by atoms with Gasteiger partial charge in [0.1, 0.15) is 6.10 Å². The highest BCUT2D eigenvalue weighted by Gasteiger charge is 2.23. The highest BCUT2D eigenvalue weighted by Crippen LogP contribution is 2.23. The van der Waals surface area contributed by atoms with Crippen LogP contribution in [0.1, 0.15) is 27.6 Å². The second-order valence-electron chi connectivity index (χ2n) is 4.54. The van der Waals surface area contributed by atoms with Gasteiger partial charge in [-0.2, -0.15) is 0 Å². The van der Waals surface area contributed by atoms with Gasteiger partial charge in [-0.05, 0) is 17.5 Å². The monoisotopic (exact) mass is 266 g/mol. The first kappa shape index (κ1) is 14.2. The van der Waals surface area contributed by atoms with E-state index in [2.05, 4.69) is 6.58 Å². The standard InChI is InChI=1S/C18H18O2/c1-3-9-14-10-7-8-13-16(14)17(19)18(20-2)15-11-5-4-6-12-15/h3-8,10-13,18H,1,9H2,2H3. The normalized spacial score (nSPS) is 11.8. The molecule has 0 saturated carbocycles. The van der Waals surface area contributed by atoms with E-state index in [-0.39, 0.29) is 5.78 Å². The predicted octanol–water partition coefficient (Wildman–Crippen LogP) is 3.99. The third kappa shape index (κ3) is 3.03. The number of carbonyl (C=O) groups excluding carboxylic acids is 1. The Labute approximate surface area is 119 Å². The largest absolute Gasteiger partial charge is 0.369 e. The van der Waals surface area contributed by atoms with Crippen LogP contribution in [0.5, 0.6) is 0 Å². The second kappa shape index (κ2) is 6.83. The molecule has 2 aromatic carbocycles. The van der Waals surface area contributed by atoms with Crippen LogP contribution in [0, 0.1) is 0 Å². The van der Waals surface area contributed by atoms with Crippen molar-refractivity contribution in [3.8, 4) is 0 Å². The molecule has 0 radical (unpaired) electrons. The third-order valence-electron chi connectivity index (χ3n) is 3.22. The van der Waals surface area contributed by atoms with Gasteiger partial charge in [0.2, 0.25) is 0 Å². The van der Waals surface area contributed by atoms with E-state index in [0.29, 0.717) is 12.0 Å². The molecule has 2 heteroatoms. The molecule has 1 atom stereocenters. The molecule has 0 amide bonds. The fraction of sp³-hybridized carbons (Fsp3) is 0.167. The molecule has 0 aliphatic carbocycles. The zero-order chi connectivity index (χ0) is 14.4. The van der Waals surface area contributed by atoms with Gasteiger partial charge in [0.15, 0.2) is 5.78 Å². The Morgan fingerprint density at radius 3 is 2.45 bits per heavy atom. The van der Waals surface area contributed by atoms with E-state index in [1.54, 1.807) is 13.2 Å². The highest BCUT2D eigenvalue weighted by atomic mass is 16.5. The molecule has 0 aliphatic rings. The zero-order valence-corrected chi connectivity index (χ0v) is 11.6. The van der Waals surface area contributed by atoms with E-state index < -0.39 is 6.10 Å². The number of hydrogen-bond acceptors (Lipinski definition) is 2. The minimum Gasteiger partial charge on any atom is -0.369 e. The van der Waals surface area contributed by atoms with Crippen LogP contribution < -0.4 is 0 Å². The molecule has 0 heterocycles. The van der Waals surface area contributed by atoms with E-state index in [0.717, 1.165) is 11.1 Å². The van der Waals surface area contributed by atoms with Crippen LogP contribution in [0.2, 0.25) is 0 Å². The lowest BCUT2D eigenvalue weighted by Gasteiger charge is -2.16. The predicted molar refractivity (Wildman–Crippen MR) is 80.9 cm³/mol. The summed E-state index contributed by atoms with van der Waals surface area (Å²) in [6, 6.07) is 17.1. The average molecular weight is 266 g/mol. The fourth-order valence-electron chi connectivity index (χ4n) is 2.26. The summed E-state index contributed by atoms with van der Waals surface area (Å²) >= 11 is 0. The lowest BCUT2D eigenvalue weighted by Crippen LogP contribution is -2.16. The molecule has 102 valence electrons. The highest BCUT2D eigenvalue weighted by molar-refractivity contribution is 6.01. The van der Waals surface area contributed by atoms with Crippen molar-refractivity contribution in [2.75, 3.05) is 7.11 Å². The van der Waals surface area contributed by atoms with E-state index in [9.17, 15) is 4.79 Å². The number of carbonyl (C=O) groups is 1. The molecule has 2 nitrogen and oxygen atoms in total. The molecule has 0 aliphatic heterocycles. The maximum absolute atomic E-state index is 12.7. The van der Waals surface area contributed by atoms with Crippen LogP contribution in [-0.2, 0) is 11.2 Å². The van der Waals surface area contributed by atoms with Gasteiger partial charge in [0, 0.05) is 12.7 Å². The minimum absolute atomic E-state index is 0.0175. The van der Waals surface area contributed by atoms with Gasteiger partial charge in [-0.25, -0.2) is 0 Å². The van der Waals surface area contributed by atoms with Crippen molar-refractivity contribution in [2.45, 2.75) is 12.5 Å². The van der Waals surface area contributed by atoms with Crippen molar-refractivity contribution >= 4 is 5.78 Å². The quantitative estimate of drug-likeness (QED) is 0.584. The molecule has 1 unspecified atom stereocenters. The number of ketones is 1. The Bertz CT molecular complexity index is 587. The van der Waals surface area contributed by atoms with Gasteiger partial charge in [-0.15, -0.1) is 6.58 Å². The molecule has 2 rings (SSSR count). The smallest absolute Gasteiger partial charge is 0.196 e. The van der Waals surface area contributed by atoms with Gasteiger partial charge in [-0.3, -0.25) is 4.79 Å². The summed E-state index contributed by atoms with van der Waals surface area (Å²) in [6.07, 6.45) is 1.91. The van der Waals surface area contributed by atoms with Crippen LogP contribution in [0.15, 0.2) is 67.3 Å². The first-order valence-electron chi connectivity index (χ1n) is 6.58. The van der Waals surface area contributed by atoms with E-state index >= 15 is 0 Å². The van der Waals surface area contributed by atoms with Crippen molar-refractivity contribution in [3.63, 3.8) is 0 Å². The first-order chi connectivity index (χ1) is 9.77. The summed E-state index contributed by atoms with van der Waals surface area (Å²) < 4.78 is 5.41. The fourth-order valence-corrected chi connectivity index (χ4v) is 2.26. The van der Waals surface area contributed by atoms with Gasteiger partial charge >= 0.3 is 0 Å². The van der Waals surface area contributed by atoms with Gasteiger partial charge in [-0.1, -0.05) is 60.7 Å². The number of hydrogen-bond donors (Lipinski definition) is 0. The van der Waals surface area contributed by atoms with Crippen LogP contribution in [-0.4, -0.2) is 12.9 Å². The number of Topliss-reactive ketones (excluding diaryl/α,β-unsaturated/α-hetero) is 1. The number of benzene rings is 2. The van der Waals surface area contributed by atoms with E-state index in [1.807, 2.05) is 54.6 Å². The second-order valence-corrected chi connectivity index (χ2v) is 4.54. The maximum atomic E-state index is 12.7. The molecule has 0 saturated heterocycles. The van der Waals surface area contributed by atoms with Gasteiger partial charge in [0.05, 0.1) is 0 Å². The average Bonchev–Trinajstić information content (AvgIpc) is 2.50. The minimum atomic E-state index is -0.567. The van der Waals surface area contributed by atoms with Crippen molar-refractivity contribution in [3.05, 3.63) is 83.9 Å². The number of methoxy groups -OCH3 is 1. The van der Waals surface area contributed by atoms with E-state index in [4.69, 9.17) is 4.74 Å². The zero-order valence-electron chi connectivity index (χ0n) is 11.6. The maximum Gasteiger partial charge on any atom is 0.196 e. The molecule has 0 spiro atoms. The Hall–Kier alpha value is -2.19. The topological polar surface area (TPSA) is 26.3 Å². The number of rotatable bonds is 6. The molecule has 0 aromatic heterocycles. The lowest BCUT2D eigenvalue weighted by molar-refractivity contribution is 0.0603. The number of ether oxygens (including phenoxy) is 1. The summed E-state index contributed by atoms with van der Waals surface area (Å²) in [6.45, 7) is 3.74. The van der Waals surface area contributed by atoms with Crippen LogP contribution >= 0.6 is 0 Å². The summed E-state index contributed by atoms with van der Waals surface area (Å²) in [5.74, 6) is -0.0175. The van der Waals surface area contributed by atoms with Crippen molar-refractivity contribution in [2.24, 2.45) is 0 Å². The molecule has 0 bridgehead atoms. The molecular formula is C18H18O2. The Balaban J connectivity index is 2.37.